The predicted molar refractivity (Wildman–Crippen MR) is 38.8 cm³/mol. The van der Waals surface area contributed by atoms with Gasteiger partial charge in [0.1, 0.15) is 6.10 Å². The second kappa shape index (κ2) is 2.97. The lowest BCUT2D eigenvalue weighted by Crippen LogP contribution is -1.89. The molecule has 0 N–H and O–H groups in total. The van der Waals surface area contributed by atoms with Crippen molar-refractivity contribution in [2.45, 2.75) is 32.5 Å². The summed E-state index contributed by atoms with van der Waals surface area (Å²) >= 11 is 0. The van der Waals surface area contributed by atoms with Crippen molar-refractivity contribution in [2.24, 2.45) is 0 Å². The summed E-state index contributed by atoms with van der Waals surface area (Å²) in [4.78, 5) is 10.7. The largest absolute Gasteiger partial charge is 0.365 e. The third kappa shape index (κ3) is 1.95. The lowest BCUT2D eigenvalue weighted by Gasteiger charge is -1.81. The Morgan fingerprint density at radius 1 is 1.70 bits per heavy atom. The summed E-state index contributed by atoms with van der Waals surface area (Å²) in [7, 11) is 0. The second-order valence-electron chi connectivity index (χ2n) is 2.48. The number of hydrogen-bond donors (Lipinski definition) is 0. The minimum absolute atomic E-state index is 0.169. The third-order valence-electron chi connectivity index (χ3n) is 1.58. The first-order valence-electron chi connectivity index (χ1n) is 3.60. The van der Waals surface area contributed by atoms with Crippen LogP contribution in [0, 0.1) is 0 Å². The summed E-state index contributed by atoms with van der Waals surface area (Å²) in [5.41, 5.74) is 0. The number of allylic oxidation sites excluding steroid dienone is 1. The Labute approximate surface area is 60.9 Å². The first-order chi connectivity index (χ1) is 4.74. The van der Waals surface area contributed by atoms with E-state index in [2.05, 4.69) is 0 Å². The van der Waals surface area contributed by atoms with Gasteiger partial charge in [0.15, 0.2) is 5.78 Å². The molecule has 0 aromatic heterocycles. The van der Waals surface area contributed by atoms with E-state index >= 15 is 0 Å². The van der Waals surface area contributed by atoms with Gasteiger partial charge in [0, 0.05) is 6.42 Å². The van der Waals surface area contributed by atoms with Crippen molar-refractivity contribution in [2.75, 3.05) is 0 Å². The van der Waals surface area contributed by atoms with Crippen molar-refractivity contribution in [3.63, 3.8) is 0 Å². The number of carbonyl (C=O) groups is 1. The Morgan fingerprint density at radius 2 is 2.30 bits per heavy atom. The van der Waals surface area contributed by atoms with Gasteiger partial charge in [-0.05, 0) is 19.1 Å². The molecule has 0 aromatic rings. The Bertz CT molecular complexity index is 161. The standard InChI is InChI=1S/C8H12O2/c1-3-7(9)4-5-8-6(2)10-8/h4-6,8H,3H2,1-2H3/b5-4+/t6-,8+/m0/s1. The first kappa shape index (κ1) is 7.48. The van der Waals surface area contributed by atoms with Crippen LogP contribution < -0.4 is 0 Å². The zero-order valence-corrected chi connectivity index (χ0v) is 6.33. The van der Waals surface area contributed by atoms with Crippen molar-refractivity contribution in [3.8, 4) is 0 Å². The quantitative estimate of drug-likeness (QED) is 0.437. The number of carbonyl (C=O) groups excluding carboxylic acids is 1. The average Bonchev–Trinajstić information content (AvgIpc) is 2.61. The third-order valence-corrected chi connectivity index (χ3v) is 1.58. The van der Waals surface area contributed by atoms with Gasteiger partial charge in [-0.1, -0.05) is 6.92 Å². The van der Waals surface area contributed by atoms with Gasteiger partial charge in [-0.2, -0.15) is 0 Å². The van der Waals surface area contributed by atoms with Crippen LogP contribution in [0.2, 0.25) is 0 Å². The van der Waals surface area contributed by atoms with Gasteiger partial charge in [0.05, 0.1) is 6.10 Å². The lowest BCUT2D eigenvalue weighted by molar-refractivity contribution is -0.114. The number of ketones is 1. The van der Waals surface area contributed by atoms with E-state index in [9.17, 15) is 4.79 Å². The fourth-order valence-corrected chi connectivity index (χ4v) is 0.724. The molecule has 1 aliphatic heterocycles. The van der Waals surface area contributed by atoms with Gasteiger partial charge in [-0.15, -0.1) is 0 Å². The molecule has 2 atom stereocenters. The van der Waals surface area contributed by atoms with Gasteiger partial charge >= 0.3 is 0 Å². The molecular weight excluding hydrogens is 128 g/mol. The Morgan fingerprint density at radius 3 is 2.70 bits per heavy atom. The Hall–Kier alpha value is -0.630. The SMILES string of the molecule is CCC(=O)/C=C/[C@H]1O[C@H]1C. The molecule has 0 amide bonds. The van der Waals surface area contributed by atoms with E-state index in [1.54, 1.807) is 6.08 Å². The molecule has 1 saturated heterocycles. The van der Waals surface area contributed by atoms with Gasteiger partial charge < -0.3 is 4.74 Å². The molecule has 10 heavy (non-hydrogen) atoms. The van der Waals surface area contributed by atoms with E-state index in [0.29, 0.717) is 12.5 Å². The van der Waals surface area contributed by atoms with Crippen LogP contribution in [0.25, 0.3) is 0 Å². The number of hydrogen-bond acceptors (Lipinski definition) is 2. The van der Waals surface area contributed by atoms with Crippen molar-refractivity contribution in [1.82, 2.24) is 0 Å². The molecule has 0 unspecified atom stereocenters. The fraction of sp³-hybridized carbons (Fsp3) is 0.625. The highest BCUT2D eigenvalue weighted by atomic mass is 16.6. The molecule has 1 fully saturated rings. The summed E-state index contributed by atoms with van der Waals surface area (Å²) in [5.74, 6) is 0.169. The number of rotatable bonds is 3. The van der Waals surface area contributed by atoms with E-state index in [4.69, 9.17) is 4.74 Å². The Balaban J connectivity index is 2.23. The number of ether oxygens (including phenoxy) is 1. The van der Waals surface area contributed by atoms with Crippen LogP contribution >= 0.6 is 0 Å². The molecule has 1 rings (SSSR count). The minimum atomic E-state index is 0.169. The molecule has 2 heteroatoms. The highest BCUT2D eigenvalue weighted by Crippen LogP contribution is 2.21. The van der Waals surface area contributed by atoms with Gasteiger partial charge in [-0.3, -0.25) is 4.79 Å². The maximum atomic E-state index is 10.7. The molecule has 0 spiro atoms. The summed E-state index contributed by atoms with van der Waals surface area (Å²) < 4.78 is 5.07. The molecule has 1 heterocycles. The zero-order valence-electron chi connectivity index (χ0n) is 6.33. The monoisotopic (exact) mass is 140 g/mol. The summed E-state index contributed by atoms with van der Waals surface area (Å²) in [6, 6.07) is 0. The molecule has 2 nitrogen and oxygen atoms in total. The highest BCUT2D eigenvalue weighted by molar-refractivity contribution is 5.89. The molecule has 0 saturated carbocycles. The smallest absolute Gasteiger partial charge is 0.155 e. The van der Waals surface area contributed by atoms with Crippen LogP contribution in [0.3, 0.4) is 0 Å². The normalized spacial score (nSPS) is 31.0. The molecule has 0 aliphatic carbocycles. The van der Waals surface area contributed by atoms with Crippen LogP contribution in [-0.4, -0.2) is 18.0 Å². The maximum absolute atomic E-state index is 10.7. The van der Waals surface area contributed by atoms with Gasteiger partial charge in [0.25, 0.3) is 0 Å². The van der Waals surface area contributed by atoms with Gasteiger partial charge in [0.2, 0.25) is 0 Å². The first-order valence-corrected chi connectivity index (χ1v) is 3.60. The minimum Gasteiger partial charge on any atom is -0.365 e. The molecule has 0 radical (unpaired) electrons. The van der Waals surface area contributed by atoms with Crippen molar-refractivity contribution < 1.29 is 9.53 Å². The van der Waals surface area contributed by atoms with E-state index in [-0.39, 0.29) is 11.9 Å². The molecule has 1 aliphatic rings. The van der Waals surface area contributed by atoms with E-state index < -0.39 is 0 Å². The molecule has 0 aromatic carbocycles. The van der Waals surface area contributed by atoms with E-state index in [1.807, 2.05) is 19.9 Å². The summed E-state index contributed by atoms with van der Waals surface area (Å²) in [6.45, 7) is 3.84. The van der Waals surface area contributed by atoms with Gasteiger partial charge in [-0.25, -0.2) is 0 Å². The van der Waals surface area contributed by atoms with Crippen molar-refractivity contribution in [1.29, 1.82) is 0 Å². The number of epoxide rings is 1. The molecular formula is C8H12O2. The van der Waals surface area contributed by atoms with E-state index in [1.165, 1.54) is 0 Å². The predicted octanol–water partition coefficient (Wildman–Crippen LogP) is 1.31. The maximum Gasteiger partial charge on any atom is 0.155 e. The summed E-state index contributed by atoms with van der Waals surface area (Å²) in [6.07, 6.45) is 4.54. The van der Waals surface area contributed by atoms with Crippen LogP contribution in [0.15, 0.2) is 12.2 Å². The van der Waals surface area contributed by atoms with Crippen molar-refractivity contribution >= 4 is 5.78 Å². The van der Waals surface area contributed by atoms with Crippen LogP contribution in [0.1, 0.15) is 20.3 Å². The van der Waals surface area contributed by atoms with Crippen LogP contribution in [0.5, 0.6) is 0 Å². The van der Waals surface area contributed by atoms with Crippen LogP contribution in [0.4, 0.5) is 0 Å². The lowest BCUT2D eigenvalue weighted by atomic mass is 10.2. The molecule has 56 valence electrons. The van der Waals surface area contributed by atoms with E-state index in [0.717, 1.165) is 0 Å². The topological polar surface area (TPSA) is 29.6 Å². The summed E-state index contributed by atoms with van der Waals surface area (Å²) in [5, 5.41) is 0. The molecule has 0 bridgehead atoms. The second-order valence-corrected chi connectivity index (χ2v) is 2.48. The van der Waals surface area contributed by atoms with Crippen molar-refractivity contribution in [3.05, 3.63) is 12.2 Å². The average molecular weight is 140 g/mol. The fourth-order valence-electron chi connectivity index (χ4n) is 0.724. The Kier molecular flexibility index (Phi) is 2.22. The van der Waals surface area contributed by atoms with Crippen LogP contribution in [-0.2, 0) is 9.53 Å². The highest BCUT2D eigenvalue weighted by Gasteiger charge is 2.31. The zero-order chi connectivity index (χ0) is 7.56.